The molecule has 6 heteroatoms. The van der Waals surface area contributed by atoms with Crippen LogP contribution < -0.4 is 16.3 Å². The molecule has 2 aromatic rings. The van der Waals surface area contributed by atoms with Gasteiger partial charge < -0.3 is 20.6 Å². The lowest BCUT2D eigenvalue weighted by Gasteiger charge is -2.24. The van der Waals surface area contributed by atoms with Crippen molar-refractivity contribution in [2.75, 3.05) is 13.1 Å². The first kappa shape index (κ1) is 13.9. The predicted molar refractivity (Wildman–Crippen MR) is 81.1 cm³/mol. The number of hydrogen-bond donors (Lipinski definition) is 4. The van der Waals surface area contributed by atoms with Gasteiger partial charge in [-0.2, -0.15) is 0 Å². The zero-order valence-corrected chi connectivity index (χ0v) is 12.0. The summed E-state index contributed by atoms with van der Waals surface area (Å²) in [4.78, 5) is 28.9. The number of carbonyl (C=O) groups is 1. The van der Waals surface area contributed by atoms with Crippen LogP contribution in [-0.2, 0) is 4.79 Å². The molecule has 0 bridgehead atoms. The number of H-pyrrole nitrogens is 2. The lowest BCUT2D eigenvalue weighted by Crippen LogP contribution is -2.41. The molecule has 4 N–H and O–H groups in total. The van der Waals surface area contributed by atoms with Crippen LogP contribution in [0.5, 0.6) is 0 Å². The Labute approximate surface area is 122 Å². The number of rotatable bonds is 3. The summed E-state index contributed by atoms with van der Waals surface area (Å²) in [7, 11) is 0. The van der Waals surface area contributed by atoms with Crippen LogP contribution in [0.15, 0.2) is 23.0 Å². The Kier molecular flexibility index (Phi) is 3.79. The molecule has 0 saturated carbocycles. The van der Waals surface area contributed by atoms with E-state index in [9.17, 15) is 9.59 Å². The van der Waals surface area contributed by atoms with Crippen LogP contribution in [0.3, 0.4) is 0 Å². The van der Waals surface area contributed by atoms with E-state index >= 15 is 0 Å². The number of fused-ring (bicyclic) bond motifs is 1. The highest BCUT2D eigenvalue weighted by atomic mass is 16.2. The predicted octanol–water partition coefficient (Wildman–Crippen LogP) is 1.03. The van der Waals surface area contributed by atoms with Crippen LogP contribution in [0.4, 0.5) is 0 Å². The molecule has 1 aliphatic rings. The summed E-state index contributed by atoms with van der Waals surface area (Å²) in [6.07, 6.45) is 1.98. The molecule has 1 amide bonds. The molecule has 2 heterocycles. The van der Waals surface area contributed by atoms with Gasteiger partial charge in [-0.3, -0.25) is 4.79 Å². The Morgan fingerprint density at radius 3 is 2.90 bits per heavy atom. The van der Waals surface area contributed by atoms with Crippen LogP contribution in [-0.4, -0.2) is 29.0 Å². The topological polar surface area (TPSA) is 89.8 Å². The number of imidazole rings is 1. The third-order valence-electron chi connectivity index (χ3n) is 4.07. The highest BCUT2D eigenvalue weighted by Crippen LogP contribution is 2.18. The second-order valence-corrected chi connectivity index (χ2v) is 5.66. The minimum Gasteiger partial charge on any atom is -0.349 e. The fourth-order valence-corrected chi connectivity index (χ4v) is 2.81. The molecule has 3 rings (SSSR count). The average molecular weight is 288 g/mol. The zero-order valence-electron chi connectivity index (χ0n) is 12.0. The zero-order chi connectivity index (χ0) is 14.8. The Balaban J connectivity index is 1.72. The number of nitrogens with one attached hydrogen (secondary N) is 4. The summed E-state index contributed by atoms with van der Waals surface area (Å²) in [5, 5.41) is 6.31. The number of carbonyl (C=O) groups excluding carboxylic acids is 1. The highest BCUT2D eigenvalue weighted by Gasteiger charge is 2.22. The molecule has 1 aromatic heterocycles. The second kappa shape index (κ2) is 5.73. The minimum absolute atomic E-state index is 0.0528. The Morgan fingerprint density at radius 1 is 1.33 bits per heavy atom. The number of hydrogen-bond acceptors (Lipinski definition) is 3. The first-order valence-corrected chi connectivity index (χ1v) is 7.36. The summed E-state index contributed by atoms with van der Waals surface area (Å²) in [5.41, 5.74) is 2.30. The maximum atomic E-state index is 12.2. The lowest BCUT2D eigenvalue weighted by molar-refractivity contribution is -0.126. The normalized spacial score (nSPS) is 20.3. The van der Waals surface area contributed by atoms with E-state index in [2.05, 4.69) is 20.6 Å². The molecule has 2 unspecified atom stereocenters. The van der Waals surface area contributed by atoms with Crippen molar-refractivity contribution in [1.29, 1.82) is 0 Å². The molecular weight excluding hydrogens is 268 g/mol. The molecule has 112 valence electrons. The van der Waals surface area contributed by atoms with E-state index in [1.807, 2.05) is 25.1 Å². The maximum absolute atomic E-state index is 12.2. The van der Waals surface area contributed by atoms with Gasteiger partial charge in [0.2, 0.25) is 5.91 Å². The van der Waals surface area contributed by atoms with Crippen molar-refractivity contribution in [1.82, 2.24) is 20.6 Å². The van der Waals surface area contributed by atoms with Gasteiger partial charge in [0, 0.05) is 6.54 Å². The van der Waals surface area contributed by atoms with Gasteiger partial charge in [-0.05, 0) is 44.0 Å². The third kappa shape index (κ3) is 3.00. The first-order chi connectivity index (χ1) is 10.1. The van der Waals surface area contributed by atoms with Crippen molar-refractivity contribution in [2.45, 2.75) is 25.8 Å². The molecule has 0 radical (unpaired) electrons. The minimum atomic E-state index is -0.216. The van der Waals surface area contributed by atoms with Crippen LogP contribution in [0.25, 0.3) is 11.0 Å². The van der Waals surface area contributed by atoms with Crippen LogP contribution in [0, 0.1) is 5.92 Å². The van der Waals surface area contributed by atoms with E-state index in [0.29, 0.717) is 0 Å². The summed E-state index contributed by atoms with van der Waals surface area (Å²) >= 11 is 0. The summed E-state index contributed by atoms with van der Waals surface area (Å²) in [6, 6.07) is 5.60. The standard InChI is InChI=1S/C15H20N4O2/c1-9(17-14(20)11-3-2-6-16-8-11)10-4-5-12-13(7-10)19-15(21)18-12/h4-5,7,9,11,16H,2-3,6,8H2,1H3,(H,17,20)(H2,18,19,21). The van der Waals surface area contributed by atoms with Gasteiger partial charge in [0.05, 0.1) is 23.0 Å². The highest BCUT2D eigenvalue weighted by molar-refractivity contribution is 5.80. The smallest absolute Gasteiger partial charge is 0.323 e. The average Bonchev–Trinajstić information content (AvgIpc) is 2.87. The van der Waals surface area contributed by atoms with E-state index in [-0.39, 0.29) is 23.6 Å². The van der Waals surface area contributed by atoms with Gasteiger partial charge in [0.15, 0.2) is 0 Å². The number of amides is 1. The second-order valence-electron chi connectivity index (χ2n) is 5.66. The van der Waals surface area contributed by atoms with Crippen molar-refractivity contribution in [3.63, 3.8) is 0 Å². The summed E-state index contributed by atoms with van der Waals surface area (Å²) < 4.78 is 0. The van der Waals surface area contributed by atoms with E-state index in [0.717, 1.165) is 42.5 Å². The van der Waals surface area contributed by atoms with Gasteiger partial charge in [0.25, 0.3) is 0 Å². The number of benzene rings is 1. The van der Waals surface area contributed by atoms with E-state index in [1.54, 1.807) is 0 Å². The lowest BCUT2D eigenvalue weighted by atomic mass is 9.98. The van der Waals surface area contributed by atoms with E-state index in [1.165, 1.54) is 0 Å². The molecule has 6 nitrogen and oxygen atoms in total. The molecule has 1 aromatic carbocycles. The largest absolute Gasteiger partial charge is 0.349 e. The fraction of sp³-hybridized carbons (Fsp3) is 0.467. The molecule has 21 heavy (non-hydrogen) atoms. The molecule has 1 aliphatic heterocycles. The van der Waals surface area contributed by atoms with Gasteiger partial charge in [-0.15, -0.1) is 0 Å². The van der Waals surface area contributed by atoms with Gasteiger partial charge in [-0.1, -0.05) is 6.07 Å². The van der Waals surface area contributed by atoms with Crippen molar-refractivity contribution in [2.24, 2.45) is 5.92 Å². The number of aromatic amines is 2. The Hall–Kier alpha value is -2.08. The molecule has 1 saturated heterocycles. The molecule has 0 aliphatic carbocycles. The third-order valence-corrected chi connectivity index (χ3v) is 4.07. The molecule has 0 spiro atoms. The Bertz CT molecular complexity index is 697. The monoisotopic (exact) mass is 288 g/mol. The van der Waals surface area contributed by atoms with Crippen LogP contribution in [0.1, 0.15) is 31.4 Å². The molecule has 1 fully saturated rings. The van der Waals surface area contributed by atoms with Crippen molar-refractivity contribution in [3.8, 4) is 0 Å². The SMILES string of the molecule is CC(NC(=O)C1CCCNC1)c1ccc2[nH]c(=O)[nH]c2c1. The fourth-order valence-electron chi connectivity index (χ4n) is 2.81. The number of piperidine rings is 1. The molecular formula is C15H20N4O2. The quantitative estimate of drug-likeness (QED) is 0.680. The molecule has 2 atom stereocenters. The van der Waals surface area contributed by atoms with Crippen LogP contribution in [0.2, 0.25) is 0 Å². The van der Waals surface area contributed by atoms with Crippen molar-refractivity contribution >= 4 is 16.9 Å². The summed E-state index contributed by atoms with van der Waals surface area (Å²) in [5.74, 6) is 0.148. The van der Waals surface area contributed by atoms with Gasteiger partial charge >= 0.3 is 5.69 Å². The van der Waals surface area contributed by atoms with Gasteiger partial charge in [0.1, 0.15) is 0 Å². The van der Waals surface area contributed by atoms with Crippen molar-refractivity contribution < 1.29 is 4.79 Å². The van der Waals surface area contributed by atoms with E-state index < -0.39 is 0 Å². The number of aromatic nitrogens is 2. The van der Waals surface area contributed by atoms with E-state index in [4.69, 9.17) is 0 Å². The Morgan fingerprint density at radius 2 is 2.14 bits per heavy atom. The van der Waals surface area contributed by atoms with Crippen molar-refractivity contribution in [3.05, 3.63) is 34.2 Å². The maximum Gasteiger partial charge on any atom is 0.323 e. The first-order valence-electron chi connectivity index (χ1n) is 7.36. The van der Waals surface area contributed by atoms with Crippen LogP contribution >= 0.6 is 0 Å². The summed E-state index contributed by atoms with van der Waals surface area (Å²) in [6.45, 7) is 3.71. The van der Waals surface area contributed by atoms with Gasteiger partial charge in [-0.25, -0.2) is 4.79 Å².